The zero-order valence-corrected chi connectivity index (χ0v) is 14.9. The van der Waals surface area contributed by atoms with Crippen LogP contribution in [-0.4, -0.2) is 49.2 Å². The van der Waals surface area contributed by atoms with E-state index in [-0.39, 0.29) is 16.4 Å². The highest BCUT2D eigenvalue weighted by Crippen LogP contribution is 2.74. The predicted octanol–water partition coefficient (Wildman–Crippen LogP) is 2.71. The number of hydrogen-bond donors (Lipinski definition) is 0. The summed E-state index contributed by atoms with van der Waals surface area (Å²) in [5, 5.41) is 0. The maximum absolute atomic E-state index is 12.2. The van der Waals surface area contributed by atoms with Crippen molar-refractivity contribution >= 4 is 12.1 Å². The number of hydrogen-bond acceptors (Lipinski definition) is 3. The molecule has 3 aliphatic heterocycles. The molecule has 0 N–H and O–H groups in total. The first kappa shape index (κ1) is 14.7. The number of carbonyl (C=O) groups is 1. The lowest BCUT2D eigenvalue weighted by Gasteiger charge is -2.69. The van der Waals surface area contributed by atoms with Crippen LogP contribution in [-0.2, 0) is 14.9 Å². The second-order valence-corrected chi connectivity index (χ2v) is 8.93. The Morgan fingerprint density at radius 1 is 1.12 bits per heavy atom. The van der Waals surface area contributed by atoms with Crippen LogP contribution in [0.1, 0.15) is 44.1 Å². The van der Waals surface area contributed by atoms with Gasteiger partial charge in [-0.3, -0.25) is 9.69 Å². The largest absolute Gasteiger partial charge is 0.381 e. The maximum Gasteiger partial charge on any atom is 0.214 e. The minimum Gasteiger partial charge on any atom is -0.381 e. The summed E-state index contributed by atoms with van der Waals surface area (Å²) in [6.07, 6.45) is 8.52. The average Bonchev–Trinajstić information content (AvgIpc) is 3.18. The lowest BCUT2D eigenvalue weighted by atomic mass is 9.41. The van der Waals surface area contributed by atoms with Crippen LogP contribution in [0.3, 0.4) is 0 Å². The Morgan fingerprint density at radius 3 is 2.68 bits per heavy atom. The van der Waals surface area contributed by atoms with Gasteiger partial charge in [0.25, 0.3) is 0 Å². The van der Waals surface area contributed by atoms with Crippen molar-refractivity contribution in [3.8, 4) is 0 Å². The summed E-state index contributed by atoms with van der Waals surface area (Å²) in [7, 11) is 1.91. The molecule has 2 bridgehead atoms. The molecule has 25 heavy (non-hydrogen) atoms. The van der Waals surface area contributed by atoms with Gasteiger partial charge in [-0.25, -0.2) is 0 Å². The van der Waals surface area contributed by atoms with E-state index in [4.69, 9.17) is 4.74 Å². The number of nitrogens with zero attached hydrogens (tertiary/aromatic N) is 2. The summed E-state index contributed by atoms with van der Waals surface area (Å²) in [6, 6.07) is 9.28. The third-order valence-electron chi connectivity index (χ3n) is 8.82. The highest BCUT2D eigenvalue weighted by molar-refractivity contribution is 5.86. The molecule has 6 aliphatic rings. The van der Waals surface area contributed by atoms with E-state index < -0.39 is 0 Å². The molecular formula is C21H26N2O2. The van der Waals surface area contributed by atoms with Gasteiger partial charge in [0.1, 0.15) is 0 Å². The minimum absolute atomic E-state index is 0.00473. The third kappa shape index (κ3) is 1.31. The first-order valence-corrected chi connectivity index (χ1v) is 9.85. The number of benzene rings is 1. The molecule has 3 atom stereocenters. The van der Waals surface area contributed by atoms with Gasteiger partial charge < -0.3 is 9.64 Å². The second kappa shape index (κ2) is 4.47. The number of amides is 1. The molecule has 4 heteroatoms. The lowest BCUT2D eigenvalue weighted by molar-refractivity contribution is -0.177. The van der Waals surface area contributed by atoms with Gasteiger partial charge in [-0.05, 0) is 56.7 Å². The van der Waals surface area contributed by atoms with Crippen molar-refractivity contribution in [2.45, 2.75) is 61.6 Å². The maximum atomic E-state index is 12.2. The highest BCUT2D eigenvalue weighted by atomic mass is 16.5. The quantitative estimate of drug-likeness (QED) is 0.778. The molecule has 3 saturated carbocycles. The molecule has 7 rings (SSSR count). The Labute approximate surface area is 149 Å². The number of carbonyl (C=O) groups excluding carboxylic acids is 1. The summed E-state index contributed by atoms with van der Waals surface area (Å²) >= 11 is 0. The molecule has 3 aliphatic carbocycles. The summed E-state index contributed by atoms with van der Waals surface area (Å²) in [5.74, 6) is 0. The van der Waals surface area contributed by atoms with Crippen LogP contribution >= 0.6 is 0 Å². The van der Waals surface area contributed by atoms with Crippen molar-refractivity contribution < 1.29 is 9.53 Å². The molecule has 0 unspecified atom stereocenters. The number of ether oxygens (including phenoxy) is 1. The number of fused-ring (bicyclic) bond motifs is 3. The van der Waals surface area contributed by atoms with Crippen LogP contribution in [0.2, 0.25) is 0 Å². The Hall–Kier alpha value is -1.39. The van der Waals surface area contributed by atoms with Crippen LogP contribution in [0, 0.1) is 5.41 Å². The summed E-state index contributed by atoms with van der Waals surface area (Å²) < 4.78 is 6.08. The second-order valence-electron chi connectivity index (χ2n) is 8.93. The molecule has 0 aromatic heterocycles. The fourth-order valence-electron chi connectivity index (χ4n) is 8.19. The van der Waals surface area contributed by atoms with Crippen molar-refractivity contribution in [2.24, 2.45) is 5.41 Å². The molecule has 0 radical (unpaired) electrons. The summed E-state index contributed by atoms with van der Waals surface area (Å²) in [4.78, 5) is 17.1. The van der Waals surface area contributed by atoms with Crippen LogP contribution in [0.15, 0.2) is 24.3 Å². The fraction of sp³-hybridized carbons (Fsp3) is 0.667. The van der Waals surface area contributed by atoms with Gasteiger partial charge in [-0.15, -0.1) is 0 Å². The van der Waals surface area contributed by atoms with E-state index in [1.807, 2.05) is 7.11 Å². The Kier molecular flexibility index (Phi) is 2.64. The molecule has 5 fully saturated rings. The molecule has 132 valence electrons. The molecular weight excluding hydrogens is 312 g/mol. The van der Waals surface area contributed by atoms with E-state index in [9.17, 15) is 4.79 Å². The number of piperidine rings is 1. The standard InChI is InChI=1S/C21H26N2O2/c1-25-17-6-12-22-13-11-21-15-4-2-3-5-16(15)23(14-24)20(21)9-7-19(17,8-10-20)18(21)22/h2-5,14,17-18H,6-13H2,1H3/t17-,18+,19?,20?,21-/m1/s1. The third-order valence-corrected chi connectivity index (χ3v) is 8.82. The summed E-state index contributed by atoms with van der Waals surface area (Å²) in [5.41, 5.74) is 3.00. The van der Waals surface area contributed by atoms with Crippen LogP contribution in [0.5, 0.6) is 0 Å². The van der Waals surface area contributed by atoms with Gasteiger partial charge in [0, 0.05) is 36.2 Å². The zero-order chi connectivity index (χ0) is 16.9. The lowest BCUT2D eigenvalue weighted by Crippen LogP contribution is -2.77. The molecule has 3 spiro atoms. The SMILES string of the molecule is CO[C@@H]1CCN2CC[C@]34c5ccccc5N(C=O)C35CCC1(CC5)[C@H]24. The fourth-order valence-corrected chi connectivity index (χ4v) is 8.19. The Balaban J connectivity index is 1.65. The molecule has 1 aromatic rings. The number of anilines is 1. The first-order valence-electron chi connectivity index (χ1n) is 9.85. The van der Waals surface area contributed by atoms with E-state index in [0.29, 0.717) is 12.1 Å². The van der Waals surface area contributed by atoms with Gasteiger partial charge in [0.15, 0.2) is 0 Å². The Bertz CT molecular complexity index is 754. The topological polar surface area (TPSA) is 32.8 Å². The molecule has 2 saturated heterocycles. The van der Waals surface area contributed by atoms with E-state index in [0.717, 1.165) is 32.2 Å². The number of para-hydroxylation sites is 1. The van der Waals surface area contributed by atoms with Gasteiger partial charge in [0.2, 0.25) is 6.41 Å². The summed E-state index contributed by atoms with van der Waals surface area (Å²) in [6.45, 7) is 2.32. The van der Waals surface area contributed by atoms with Crippen molar-refractivity contribution in [1.29, 1.82) is 0 Å². The normalized spacial score (nSPS) is 46.7. The van der Waals surface area contributed by atoms with Crippen LogP contribution in [0.25, 0.3) is 0 Å². The molecule has 3 heterocycles. The minimum atomic E-state index is -0.00473. The van der Waals surface area contributed by atoms with Gasteiger partial charge in [0.05, 0.1) is 11.6 Å². The van der Waals surface area contributed by atoms with E-state index >= 15 is 0 Å². The molecule has 1 amide bonds. The average molecular weight is 338 g/mol. The highest BCUT2D eigenvalue weighted by Gasteiger charge is 2.78. The first-order chi connectivity index (χ1) is 12.2. The number of methoxy groups -OCH3 is 1. The van der Waals surface area contributed by atoms with Gasteiger partial charge >= 0.3 is 0 Å². The van der Waals surface area contributed by atoms with Crippen LogP contribution < -0.4 is 4.90 Å². The van der Waals surface area contributed by atoms with Crippen molar-refractivity contribution in [2.75, 3.05) is 25.1 Å². The van der Waals surface area contributed by atoms with E-state index in [1.54, 1.807) is 0 Å². The van der Waals surface area contributed by atoms with Crippen molar-refractivity contribution in [3.05, 3.63) is 29.8 Å². The number of rotatable bonds is 2. The monoisotopic (exact) mass is 338 g/mol. The molecule has 1 aromatic carbocycles. The predicted molar refractivity (Wildman–Crippen MR) is 95.7 cm³/mol. The van der Waals surface area contributed by atoms with E-state index in [2.05, 4.69) is 34.1 Å². The van der Waals surface area contributed by atoms with E-state index in [1.165, 1.54) is 37.1 Å². The smallest absolute Gasteiger partial charge is 0.214 e. The van der Waals surface area contributed by atoms with Crippen LogP contribution in [0.4, 0.5) is 5.69 Å². The molecule has 4 nitrogen and oxygen atoms in total. The van der Waals surface area contributed by atoms with Gasteiger partial charge in [-0.1, -0.05) is 18.2 Å². The van der Waals surface area contributed by atoms with Gasteiger partial charge in [-0.2, -0.15) is 0 Å². The van der Waals surface area contributed by atoms with Crippen molar-refractivity contribution in [1.82, 2.24) is 4.90 Å². The Morgan fingerprint density at radius 2 is 1.92 bits per heavy atom. The zero-order valence-electron chi connectivity index (χ0n) is 14.9. The van der Waals surface area contributed by atoms with Crippen molar-refractivity contribution in [3.63, 3.8) is 0 Å².